The second kappa shape index (κ2) is 10.7. The third-order valence-electron chi connectivity index (χ3n) is 5.89. The van der Waals surface area contributed by atoms with E-state index < -0.39 is 23.6 Å². The Morgan fingerprint density at radius 3 is 2.60 bits per heavy atom. The number of aromatic nitrogens is 3. The second-order valence-corrected chi connectivity index (χ2v) is 8.15. The van der Waals surface area contributed by atoms with E-state index in [-0.39, 0.29) is 18.8 Å². The Morgan fingerprint density at radius 2 is 1.94 bits per heavy atom. The molecule has 0 spiro atoms. The summed E-state index contributed by atoms with van der Waals surface area (Å²) in [6.07, 6.45) is 5.40. The van der Waals surface area contributed by atoms with Crippen molar-refractivity contribution in [1.82, 2.24) is 20.1 Å². The number of nitrogens with two attached hydrogens (primary N) is 1. The van der Waals surface area contributed by atoms with E-state index in [9.17, 15) is 9.59 Å². The minimum absolute atomic E-state index is 0.223. The summed E-state index contributed by atoms with van der Waals surface area (Å²) in [5.41, 5.74) is 7.54. The molecule has 1 aliphatic rings. The number of carbonyl (C=O) groups is 2. The molecule has 2 amide bonds. The summed E-state index contributed by atoms with van der Waals surface area (Å²) in [6, 6.07) is 11.9. The van der Waals surface area contributed by atoms with Gasteiger partial charge in [-0.25, -0.2) is 9.67 Å². The van der Waals surface area contributed by atoms with E-state index in [2.05, 4.69) is 15.4 Å². The summed E-state index contributed by atoms with van der Waals surface area (Å²) in [4.78, 5) is 30.1. The molecule has 10 nitrogen and oxygen atoms in total. The largest absolute Gasteiger partial charge is 0.497 e. The molecular weight excluding hydrogens is 450 g/mol. The molecule has 10 heteroatoms. The third kappa shape index (κ3) is 5.03. The van der Waals surface area contributed by atoms with Crippen molar-refractivity contribution in [2.75, 3.05) is 20.3 Å². The van der Waals surface area contributed by atoms with Crippen LogP contribution in [-0.2, 0) is 14.3 Å². The topological polar surface area (TPSA) is 131 Å². The van der Waals surface area contributed by atoms with Crippen molar-refractivity contribution in [2.24, 2.45) is 5.73 Å². The number of nitrogens with zero attached hydrogens (tertiary/aromatic N) is 3. The molecule has 1 aliphatic heterocycles. The Bertz CT molecular complexity index is 1170. The van der Waals surface area contributed by atoms with E-state index >= 15 is 0 Å². The van der Waals surface area contributed by atoms with Crippen molar-refractivity contribution >= 4 is 11.8 Å². The molecule has 3 heterocycles. The minimum Gasteiger partial charge on any atom is -0.497 e. The van der Waals surface area contributed by atoms with Gasteiger partial charge in [0.15, 0.2) is 5.82 Å². The summed E-state index contributed by atoms with van der Waals surface area (Å²) in [5.74, 6) is -1.80. The lowest BCUT2D eigenvalue weighted by molar-refractivity contribution is -0.190. The maximum atomic E-state index is 13.4. The van der Waals surface area contributed by atoms with Gasteiger partial charge in [0.1, 0.15) is 5.75 Å². The van der Waals surface area contributed by atoms with Crippen molar-refractivity contribution in [1.29, 1.82) is 0 Å². The highest BCUT2D eigenvalue weighted by molar-refractivity contribution is 5.98. The Morgan fingerprint density at radius 1 is 1.20 bits per heavy atom. The molecule has 1 aromatic carbocycles. The maximum absolute atomic E-state index is 13.4. The lowest BCUT2D eigenvalue weighted by Gasteiger charge is -2.33. The highest BCUT2D eigenvalue weighted by Gasteiger charge is 2.50. The standard InChI is InChI=1S/C25H29N5O5/c1-3-4-7-21(25(24(26)32)34-15-16-35-25)28-23(31)19-6-5-13-27-22(19)30-14-12-20(29-30)17-8-10-18(33-2)11-9-17/h5-6,8-14,21H,3-4,7,15-16H2,1-2H3,(H2,26,32)(H,28,31). The van der Waals surface area contributed by atoms with Gasteiger partial charge in [-0.3, -0.25) is 9.59 Å². The molecule has 35 heavy (non-hydrogen) atoms. The van der Waals surface area contributed by atoms with Crippen LogP contribution in [0.4, 0.5) is 0 Å². The molecule has 1 unspecified atom stereocenters. The second-order valence-electron chi connectivity index (χ2n) is 8.15. The van der Waals surface area contributed by atoms with Crippen molar-refractivity contribution in [3.05, 3.63) is 60.4 Å². The fourth-order valence-corrected chi connectivity index (χ4v) is 4.06. The number of ether oxygens (including phenoxy) is 3. The van der Waals surface area contributed by atoms with Crippen LogP contribution in [0.25, 0.3) is 17.1 Å². The molecule has 1 atom stereocenters. The number of hydrogen-bond acceptors (Lipinski definition) is 7. The summed E-state index contributed by atoms with van der Waals surface area (Å²) in [6.45, 7) is 2.46. The van der Waals surface area contributed by atoms with Gasteiger partial charge in [0.25, 0.3) is 17.6 Å². The number of pyridine rings is 1. The van der Waals surface area contributed by atoms with Gasteiger partial charge in [-0.1, -0.05) is 19.8 Å². The van der Waals surface area contributed by atoms with E-state index in [1.54, 1.807) is 36.3 Å². The van der Waals surface area contributed by atoms with Crippen LogP contribution >= 0.6 is 0 Å². The van der Waals surface area contributed by atoms with Crippen LogP contribution in [0.2, 0.25) is 0 Å². The zero-order valence-corrected chi connectivity index (χ0v) is 19.8. The quantitative estimate of drug-likeness (QED) is 0.457. The molecule has 0 aliphatic carbocycles. The van der Waals surface area contributed by atoms with Gasteiger partial charge in [0, 0.05) is 18.0 Å². The van der Waals surface area contributed by atoms with E-state index in [0.717, 1.165) is 24.2 Å². The van der Waals surface area contributed by atoms with Crippen molar-refractivity contribution in [3.8, 4) is 22.8 Å². The van der Waals surface area contributed by atoms with Crippen LogP contribution in [0, 0.1) is 0 Å². The molecule has 3 N–H and O–H groups in total. The summed E-state index contributed by atoms with van der Waals surface area (Å²) in [5, 5.41) is 7.52. The smallest absolute Gasteiger partial charge is 0.280 e. The molecule has 184 valence electrons. The van der Waals surface area contributed by atoms with Crippen LogP contribution in [-0.4, -0.2) is 58.7 Å². The SMILES string of the molecule is CCCCC(NC(=O)c1cccnc1-n1ccc(-c2ccc(OC)cc2)n1)C1(C(N)=O)OCCO1. The predicted molar refractivity (Wildman–Crippen MR) is 128 cm³/mol. The van der Waals surface area contributed by atoms with E-state index in [1.165, 1.54) is 0 Å². The fraction of sp³-hybridized carbons (Fsp3) is 0.360. The molecule has 0 radical (unpaired) electrons. The van der Waals surface area contributed by atoms with Gasteiger partial charge in [-0.2, -0.15) is 5.10 Å². The molecule has 0 saturated carbocycles. The van der Waals surface area contributed by atoms with Gasteiger partial charge >= 0.3 is 0 Å². The average Bonchev–Trinajstić information content (AvgIpc) is 3.58. The number of rotatable bonds is 10. The number of benzene rings is 1. The summed E-state index contributed by atoms with van der Waals surface area (Å²) < 4.78 is 18.0. The number of hydrogen-bond donors (Lipinski definition) is 2. The lowest BCUT2D eigenvalue weighted by atomic mass is 9.99. The zero-order chi connectivity index (χ0) is 24.8. The van der Waals surface area contributed by atoms with Crippen molar-refractivity contribution < 1.29 is 23.8 Å². The van der Waals surface area contributed by atoms with Crippen molar-refractivity contribution in [2.45, 2.75) is 38.0 Å². The normalized spacial score (nSPS) is 15.5. The van der Waals surface area contributed by atoms with Gasteiger partial charge < -0.3 is 25.3 Å². The molecule has 1 fully saturated rings. The fourth-order valence-electron chi connectivity index (χ4n) is 4.06. The van der Waals surface area contributed by atoms with Crippen LogP contribution in [0.5, 0.6) is 5.75 Å². The first-order valence-corrected chi connectivity index (χ1v) is 11.5. The summed E-state index contributed by atoms with van der Waals surface area (Å²) in [7, 11) is 1.61. The number of nitrogens with one attached hydrogen (secondary N) is 1. The number of methoxy groups -OCH3 is 1. The molecule has 0 bridgehead atoms. The highest BCUT2D eigenvalue weighted by atomic mass is 16.7. The Balaban J connectivity index is 1.61. The van der Waals surface area contributed by atoms with Crippen molar-refractivity contribution in [3.63, 3.8) is 0 Å². The zero-order valence-electron chi connectivity index (χ0n) is 19.8. The van der Waals surface area contributed by atoms with Crippen LogP contribution in [0.15, 0.2) is 54.9 Å². The minimum atomic E-state index is -1.69. The maximum Gasteiger partial charge on any atom is 0.280 e. The molecule has 1 saturated heterocycles. The van der Waals surface area contributed by atoms with E-state index in [1.807, 2.05) is 37.3 Å². The Labute approximate surface area is 203 Å². The number of unbranched alkanes of at least 4 members (excludes halogenated alkanes) is 1. The Hall–Kier alpha value is -3.76. The molecule has 3 aromatic rings. The van der Waals surface area contributed by atoms with Gasteiger partial charge in [-0.05, 0) is 48.9 Å². The number of carbonyl (C=O) groups excluding carboxylic acids is 2. The van der Waals surface area contributed by atoms with Crippen LogP contribution in [0.1, 0.15) is 36.5 Å². The Kier molecular flexibility index (Phi) is 7.42. The molecular formula is C25H29N5O5. The third-order valence-corrected chi connectivity index (χ3v) is 5.89. The predicted octanol–water partition coefficient (Wildman–Crippen LogP) is 2.46. The van der Waals surface area contributed by atoms with Crippen LogP contribution in [0.3, 0.4) is 0 Å². The average molecular weight is 480 g/mol. The number of primary amides is 1. The first-order chi connectivity index (χ1) is 17.0. The molecule has 4 rings (SSSR count). The number of amides is 2. The first-order valence-electron chi connectivity index (χ1n) is 11.5. The highest BCUT2D eigenvalue weighted by Crippen LogP contribution is 2.28. The van der Waals surface area contributed by atoms with E-state index in [0.29, 0.717) is 17.9 Å². The van der Waals surface area contributed by atoms with Crippen LogP contribution < -0.4 is 15.8 Å². The monoisotopic (exact) mass is 479 g/mol. The van der Waals surface area contributed by atoms with Gasteiger partial charge in [0.05, 0.1) is 37.6 Å². The van der Waals surface area contributed by atoms with E-state index in [4.69, 9.17) is 19.9 Å². The van der Waals surface area contributed by atoms with Gasteiger partial charge in [0.2, 0.25) is 0 Å². The lowest BCUT2D eigenvalue weighted by Crippen LogP contribution is -2.60. The van der Waals surface area contributed by atoms with Gasteiger partial charge in [-0.15, -0.1) is 0 Å². The summed E-state index contributed by atoms with van der Waals surface area (Å²) >= 11 is 0. The first kappa shape index (κ1) is 24.4. The molecule has 2 aromatic heterocycles.